The summed E-state index contributed by atoms with van der Waals surface area (Å²) in [5.41, 5.74) is -0.573. The number of nitrogens with one attached hydrogen (secondary N) is 1. The van der Waals surface area contributed by atoms with Gasteiger partial charge in [-0.3, -0.25) is 4.79 Å². The molecule has 1 rings (SSSR count). The molecule has 1 aromatic carbocycles. The molecule has 0 atom stereocenters. The normalized spacial score (nSPS) is 10.4. The molecule has 0 spiro atoms. The van der Waals surface area contributed by atoms with E-state index in [9.17, 15) is 18.0 Å². The first-order valence-electron chi connectivity index (χ1n) is 5.18. The van der Waals surface area contributed by atoms with Crippen molar-refractivity contribution in [2.24, 2.45) is 0 Å². The molecule has 1 amide bonds. The van der Waals surface area contributed by atoms with Crippen molar-refractivity contribution >= 4 is 5.91 Å². The molecule has 7 heteroatoms. The number of halogens is 3. The molecule has 4 nitrogen and oxygen atoms in total. The van der Waals surface area contributed by atoms with E-state index in [-0.39, 0.29) is 26.4 Å². The number of carbonyl (C=O) groups is 1. The van der Waals surface area contributed by atoms with Crippen LogP contribution in [0.4, 0.5) is 13.2 Å². The third-order valence-electron chi connectivity index (χ3n) is 2.05. The maximum Gasteiger partial charge on any atom is 0.254 e. The van der Waals surface area contributed by atoms with Crippen molar-refractivity contribution < 1.29 is 27.8 Å². The minimum absolute atomic E-state index is 0.0667. The largest absolute Gasteiger partial charge is 0.394 e. The van der Waals surface area contributed by atoms with Gasteiger partial charge in [0.15, 0.2) is 17.5 Å². The maximum absolute atomic E-state index is 13.2. The van der Waals surface area contributed by atoms with Crippen LogP contribution in [0.2, 0.25) is 0 Å². The molecule has 0 fully saturated rings. The number of hydrogen-bond acceptors (Lipinski definition) is 3. The van der Waals surface area contributed by atoms with E-state index in [1.165, 1.54) is 0 Å². The number of aliphatic hydroxyl groups excluding tert-OH is 1. The summed E-state index contributed by atoms with van der Waals surface area (Å²) in [5.74, 6) is -5.42. The Hall–Kier alpha value is -1.60. The Morgan fingerprint density at radius 2 is 1.94 bits per heavy atom. The number of aliphatic hydroxyl groups is 1. The average Bonchev–Trinajstić information content (AvgIpc) is 2.35. The van der Waals surface area contributed by atoms with Crippen LogP contribution < -0.4 is 5.32 Å². The predicted octanol–water partition coefficient (Wildman–Crippen LogP) is 0.843. The molecule has 18 heavy (non-hydrogen) atoms. The zero-order valence-corrected chi connectivity index (χ0v) is 9.38. The first-order valence-corrected chi connectivity index (χ1v) is 5.18. The van der Waals surface area contributed by atoms with Crippen LogP contribution in [0, 0.1) is 17.5 Å². The second-order valence-electron chi connectivity index (χ2n) is 3.31. The molecule has 0 aliphatic rings. The first kappa shape index (κ1) is 14.5. The van der Waals surface area contributed by atoms with E-state index in [2.05, 4.69) is 5.32 Å². The number of hydrogen-bond donors (Lipinski definition) is 2. The maximum atomic E-state index is 13.2. The van der Waals surface area contributed by atoms with Gasteiger partial charge in [0.25, 0.3) is 5.91 Å². The minimum Gasteiger partial charge on any atom is -0.394 e. The van der Waals surface area contributed by atoms with Crippen LogP contribution in [-0.2, 0) is 4.74 Å². The molecule has 0 aliphatic heterocycles. The Morgan fingerprint density at radius 1 is 1.22 bits per heavy atom. The van der Waals surface area contributed by atoms with Gasteiger partial charge in [-0.2, -0.15) is 0 Å². The molecule has 0 unspecified atom stereocenters. The van der Waals surface area contributed by atoms with Gasteiger partial charge in [-0.25, -0.2) is 13.2 Å². The van der Waals surface area contributed by atoms with Crippen molar-refractivity contribution in [2.45, 2.75) is 0 Å². The van der Waals surface area contributed by atoms with E-state index in [1.807, 2.05) is 0 Å². The second-order valence-corrected chi connectivity index (χ2v) is 3.31. The number of benzene rings is 1. The highest BCUT2D eigenvalue weighted by Gasteiger charge is 2.18. The van der Waals surface area contributed by atoms with Crippen molar-refractivity contribution in [3.63, 3.8) is 0 Å². The fourth-order valence-corrected chi connectivity index (χ4v) is 1.20. The summed E-state index contributed by atoms with van der Waals surface area (Å²) in [6.45, 7) is 0.163. The summed E-state index contributed by atoms with van der Waals surface area (Å²) in [5, 5.41) is 10.7. The van der Waals surface area contributed by atoms with Crippen LogP contribution in [0.1, 0.15) is 10.4 Å². The lowest BCUT2D eigenvalue weighted by atomic mass is 10.2. The molecule has 0 aliphatic carbocycles. The van der Waals surface area contributed by atoms with Crippen LogP contribution in [0.3, 0.4) is 0 Å². The molecule has 0 radical (unpaired) electrons. The molecule has 0 saturated heterocycles. The van der Waals surface area contributed by atoms with E-state index >= 15 is 0 Å². The lowest BCUT2D eigenvalue weighted by molar-refractivity contribution is 0.0835. The molecule has 2 N–H and O–H groups in total. The quantitative estimate of drug-likeness (QED) is 0.590. The molecule has 0 bridgehead atoms. The second kappa shape index (κ2) is 6.97. The van der Waals surface area contributed by atoms with Crippen LogP contribution in [0.15, 0.2) is 12.1 Å². The first-order chi connectivity index (χ1) is 8.57. The molecular formula is C11H12F3NO3. The minimum atomic E-state index is -1.68. The summed E-state index contributed by atoms with van der Waals surface area (Å²) >= 11 is 0. The smallest absolute Gasteiger partial charge is 0.254 e. The van der Waals surface area contributed by atoms with Crippen LogP contribution >= 0.6 is 0 Å². The summed E-state index contributed by atoms with van der Waals surface area (Å²) in [6, 6.07) is 1.53. The van der Waals surface area contributed by atoms with Gasteiger partial charge in [-0.1, -0.05) is 0 Å². The van der Waals surface area contributed by atoms with Crippen molar-refractivity contribution in [1.82, 2.24) is 5.32 Å². The zero-order valence-electron chi connectivity index (χ0n) is 9.38. The molecule has 100 valence electrons. The van der Waals surface area contributed by atoms with E-state index in [0.29, 0.717) is 6.07 Å². The van der Waals surface area contributed by atoms with Gasteiger partial charge in [0, 0.05) is 6.54 Å². The van der Waals surface area contributed by atoms with Crippen molar-refractivity contribution in [1.29, 1.82) is 0 Å². The van der Waals surface area contributed by atoms with E-state index in [4.69, 9.17) is 9.84 Å². The highest BCUT2D eigenvalue weighted by molar-refractivity contribution is 5.94. The Bertz CT molecular complexity index is 426. The molecule has 0 saturated carbocycles. The summed E-state index contributed by atoms with van der Waals surface area (Å²) in [7, 11) is 0. The van der Waals surface area contributed by atoms with E-state index in [1.54, 1.807) is 0 Å². The van der Waals surface area contributed by atoms with Crippen LogP contribution in [0.5, 0.6) is 0 Å². The summed E-state index contributed by atoms with van der Waals surface area (Å²) in [4.78, 5) is 11.4. The molecule has 0 heterocycles. The number of ether oxygens (including phenoxy) is 1. The standard InChI is InChI=1S/C11H12F3NO3/c12-8-2-1-7(9(13)10(8)14)11(17)15-3-5-18-6-4-16/h1-2,16H,3-6H2,(H,15,17). The van der Waals surface area contributed by atoms with Gasteiger partial charge in [-0.15, -0.1) is 0 Å². The van der Waals surface area contributed by atoms with Gasteiger partial charge in [0.1, 0.15) is 0 Å². The predicted molar refractivity (Wildman–Crippen MR) is 56.6 cm³/mol. The summed E-state index contributed by atoms with van der Waals surface area (Å²) in [6.07, 6.45) is 0. The fraction of sp³-hybridized carbons (Fsp3) is 0.364. The van der Waals surface area contributed by atoms with Gasteiger partial charge < -0.3 is 15.2 Å². The highest BCUT2D eigenvalue weighted by atomic mass is 19.2. The molecular weight excluding hydrogens is 251 g/mol. The fourth-order valence-electron chi connectivity index (χ4n) is 1.20. The van der Waals surface area contributed by atoms with Crippen LogP contribution in [-0.4, -0.2) is 37.4 Å². The SMILES string of the molecule is O=C(NCCOCCO)c1ccc(F)c(F)c1F. The van der Waals surface area contributed by atoms with Crippen molar-refractivity contribution in [3.8, 4) is 0 Å². The van der Waals surface area contributed by atoms with E-state index in [0.717, 1.165) is 6.07 Å². The van der Waals surface area contributed by atoms with Crippen molar-refractivity contribution in [3.05, 3.63) is 35.1 Å². The topological polar surface area (TPSA) is 58.6 Å². The molecule has 1 aromatic rings. The highest BCUT2D eigenvalue weighted by Crippen LogP contribution is 2.14. The van der Waals surface area contributed by atoms with Gasteiger partial charge in [-0.05, 0) is 12.1 Å². The number of amides is 1. The third-order valence-corrected chi connectivity index (χ3v) is 2.05. The number of rotatable bonds is 6. The van der Waals surface area contributed by atoms with Crippen LogP contribution in [0.25, 0.3) is 0 Å². The van der Waals surface area contributed by atoms with Gasteiger partial charge in [0.05, 0.1) is 25.4 Å². The van der Waals surface area contributed by atoms with Crippen molar-refractivity contribution in [2.75, 3.05) is 26.4 Å². The van der Waals surface area contributed by atoms with Gasteiger partial charge >= 0.3 is 0 Å². The number of carbonyl (C=O) groups excluding carboxylic acids is 1. The Balaban J connectivity index is 2.54. The monoisotopic (exact) mass is 263 g/mol. The lowest BCUT2D eigenvalue weighted by Crippen LogP contribution is -2.28. The summed E-state index contributed by atoms with van der Waals surface area (Å²) < 4.78 is 43.5. The van der Waals surface area contributed by atoms with Gasteiger partial charge in [0.2, 0.25) is 0 Å². The Labute approximate surface area is 101 Å². The Kier molecular flexibility index (Phi) is 5.60. The third kappa shape index (κ3) is 3.71. The molecule has 0 aromatic heterocycles. The Morgan fingerprint density at radius 3 is 2.61 bits per heavy atom. The van der Waals surface area contributed by atoms with E-state index < -0.39 is 28.9 Å². The zero-order chi connectivity index (χ0) is 13.5. The average molecular weight is 263 g/mol. The lowest BCUT2D eigenvalue weighted by Gasteiger charge is -2.07.